The van der Waals surface area contributed by atoms with Gasteiger partial charge < -0.3 is 15.4 Å². The molecule has 0 radical (unpaired) electrons. The molecule has 2 rings (SSSR count). The van der Waals surface area contributed by atoms with Crippen LogP contribution in [0.4, 0.5) is 5.13 Å². The van der Waals surface area contributed by atoms with Gasteiger partial charge in [-0.15, -0.1) is 10.2 Å². The maximum Gasteiger partial charge on any atom is 0.212 e. The van der Waals surface area contributed by atoms with E-state index in [4.69, 9.17) is 10.1 Å². The van der Waals surface area contributed by atoms with Gasteiger partial charge in [-0.1, -0.05) is 29.5 Å². The Hall–Kier alpha value is -2.15. The predicted octanol–water partition coefficient (Wildman–Crippen LogP) is 1.99. The molecule has 0 aliphatic rings. The van der Waals surface area contributed by atoms with E-state index in [-0.39, 0.29) is 5.96 Å². The first-order chi connectivity index (χ1) is 9.19. The summed E-state index contributed by atoms with van der Waals surface area (Å²) in [5.41, 5.74) is 0.991. The third-order valence-corrected chi connectivity index (χ3v) is 3.16. The lowest BCUT2D eigenvalue weighted by atomic mass is 10.2. The molecule has 7 heteroatoms. The van der Waals surface area contributed by atoms with Crippen LogP contribution < -0.4 is 15.4 Å². The second-order valence-corrected chi connectivity index (χ2v) is 4.97. The summed E-state index contributed by atoms with van der Waals surface area (Å²) in [6.07, 6.45) is 0. The molecule has 0 aliphatic carbocycles. The Balaban J connectivity index is 1.89. The fraction of sp³-hybridized carbons (Fsp3) is 0.250. The van der Waals surface area contributed by atoms with Gasteiger partial charge in [-0.2, -0.15) is 0 Å². The number of nitrogens with zero attached hydrogens (tertiary/aromatic N) is 2. The van der Waals surface area contributed by atoms with Gasteiger partial charge in [-0.3, -0.25) is 5.41 Å². The van der Waals surface area contributed by atoms with Gasteiger partial charge in [-0.05, 0) is 13.0 Å². The number of para-hydroxylation sites is 1. The molecule has 19 heavy (non-hydrogen) atoms. The Kier molecular flexibility index (Phi) is 4.30. The number of benzene rings is 1. The Bertz CT molecular complexity index is 569. The first-order valence-corrected chi connectivity index (χ1v) is 6.52. The van der Waals surface area contributed by atoms with Gasteiger partial charge in [0.1, 0.15) is 10.8 Å². The molecule has 0 aliphatic heterocycles. The second kappa shape index (κ2) is 6.14. The highest BCUT2D eigenvalue weighted by Gasteiger charge is 2.05. The van der Waals surface area contributed by atoms with Crippen LogP contribution in [-0.2, 0) is 6.54 Å². The van der Waals surface area contributed by atoms with E-state index < -0.39 is 0 Å². The number of ether oxygens (including phenoxy) is 1. The molecular formula is C12H15N5OS. The number of guanidine groups is 1. The lowest BCUT2D eigenvalue weighted by Crippen LogP contribution is -2.29. The predicted molar refractivity (Wildman–Crippen MR) is 75.8 cm³/mol. The summed E-state index contributed by atoms with van der Waals surface area (Å²) in [5, 5.41) is 22.8. The van der Waals surface area contributed by atoms with Crippen LogP contribution in [0.3, 0.4) is 0 Å². The van der Waals surface area contributed by atoms with Crippen molar-refractivity contribution in [2.75, 3.05) is 12.4 Å². The van der Waals surface area contributed by atoms with Gasteiger partial charge in [0.15, 0.2) is 5.96 Å². The number of aromatic nitrogens is 2. The monoisotopic (exact) mass is 277 g/mol. The molecule has 0 unspecified atom stereocenters. The average Bonchev–Trinajstić information content (AvgIpc) is 2.82. The van der Waals surface area contributed by atoms with Crippen molar-refractivity contribution >= 4 is 22.4 Å². The highest BCUT2D eigenvalue weighted by atomic mass is 32.1. The summed E-state index contributed by atoms with van der Waals surface area (Å²) in [4.78, 5) is 0. The van der Waals surface area contributed by atoms with Crippen molar-refractivity contribution in [1.29, 1.82) is 5.41 Å². The zero-order valence-electron chi connectivity index (χ0n) is 10.7. The number of nitrogens with one attached hydrogen (secondary N) is 3. The van der Waals surface area contributed by atoms with E-state index in [0.29, 0.717) is 11.7 Å². The SMILES string of the molecule is COc1ccccc1CNC(=N)Nc1nnc(C)s1. The fourth-order valence-electron chi connectivity index (χ4n) is 1.53. The zero-order chi connectivity index (χ0) is 13.7. The lowest BCUT2D eigenvalue weighted by molar-refractivity contribution is 0.409. The summed E-state index contributed by atoms with van der Waals surface area (Å²) in [5.74, 6) is 0.983. The topological polar surface area (TPSA) is 82.9 Å². The molecule has 6 nitrogen and oxygen atoms in total. The second-order valence-electron chi connectivity index (χ2n) is 3.79. The van der Waals surface area contributed by atoms with Gasteiger partial charge >= 0.3 is 0 Å². The molecular weight excluding hydrogens is 262 g/mol. The van der Waals surface area contributed by atoms with E-state index in [1.165, 1.54) is 11.3 Å². The van der Waals surface area contributed by atoms with E-state index in [2.05, 4.69) is 20.8 Å². The third-order valence-electron chi connectivity index (χ3n) is 2.41. The van der Waals surface area contributed by atoms with Crippen molar-refractivity contribution in [3.05, 3.63) is 34.8 Å². The quantitative estimate of drug-likeness (QED) is 0.588. The minimum absolute atomic E-state index is 0.182. The molecule has 100 valence electrons. The minimum atomic E-state index is 0.182. The van der Waals surface area contributed by atoms with Gasteiger partial charge in [0, 0.05) is 12.1 Å². The van der Waals surface area contributed by atoms with Crippen molar-refractivity contribution in [2.45, 2.75) is 13.5 Å². The Morgan fingerprint density at radius 2 is 2.16 bits per heavy atom. The van der Waals surface area contributed by atoms with Crippen molar-refractivity contribution in [3.8, 4) is 5.75 Å². The van der Waals surface area contributed by atoms with E-state index in [9.17, 15) is 0 Å². The molecule has 2 aromatic rings. The summed E-state index contributed by atoms with van der Waals surface area (Å²) < 4.78 is 5.25. The van der Waals surface area contributed by atoms with E-state index in [1.54, 1.807) is 7.11 Å². The van der Waals surface area contributed by atoms with E-state index in [0.717, 1.165) is 16.3 Å². The van der Waals surface area contributed by atoms with Crippen LogP contribution in [0.25, 0.3) is 0 Å². The van der Waals surface area contributed by atoms with E-state index in [1.807, 2.05) is 31.2 Å². The smallest absolute Gasteiger partial charge is 0.212 e. The number of hydrogen-bond acceptors (Lipinski definition) is 5. The van der Waals surface area contributed by atoms with Crippen LogP contribution in [0.1, 0.15) is 10.6 Å². The first-order valence-electron chi connectivity index (χ1n) is 5.70. The maximum absolute atomic E-state index is 7.79. The molecule has 0 fully saturated rings. The summed E-state index contributed by atoms with van der Waals surface area (Å²) in [7, 11) is 1.63. The van der Waals surface area contributed by atoms with Gasteiger partial charge in [-0.25, -0.2) is 0 Å². The van der Waals surface area contributed by atoms with Crippen LogP contribution in [0.2, 0.25) is 0 Å². The summed E-state index contributed by atoms with van der Waals surface area (Å²) in [6, 6.07) is 7.69. The highest BCUT2D eigenvalue weighted by molar-refractivity contribution is 7.15. The van der Waals surface area contributed by atoms with Crippen molar-refractivity contribution in [2.24, 2.45) is 0 Å². The molecule has 0 saturated carbocycles. The zero-order valence-corrected chi connectivity index (χ0v) is 11.5. The number of rotatable bonds is 4. The standard InChI is InChI=1S/C12H15N5OS/c1-8-16-17-12(19-8)15-11(13)14-7-9-5-3-4-6-10(9)18-2/h3-6H,7H2,1-2H3,(H3,13,14,15,17). The van der Waals surface area contributed by atoms with Gasteiger partial charge in [0.2, 0.25) is 5.13 Å². The first kappa shape index (κ1) is 13.3. The van der Waals surface area contributed by atoms with Crippen LogP contribution in [0.5, 0.6) is 5.75 Å². The number of aryl methyl sites for hydroxylation is 1. The maximum atomic E-state index is 7.79. The number of methoxy groups -OCH3 is 1. The van der Waals surface area contributed by atoms with Crippen molar-refractivity contribution in [1.82, 2.24) is 15.5 Å². The highest BCUT2D eigenvalue weighted by Crippen LogP contribution is 2.17. The summed E-state index contributed by atoms with van der Waals surface area (Å²) in [6.45, 7) is 2.38. The Morgan fingerprint density at radius 1 is 1.37 bits per heavy atom. The van der Waals surface area contributed by atoms with Crippen molar-refractivity contribution < 1.29 is 4.74 Å². The van der Waals surface area contributed by atoms with Crippen LogP contribution in [0.15, 0.2) is 24.3 Å². The number of hydrogen-bond donors (Lipinski definition) is 3. The van der Waals surface area contributed by atoms with Crippen LogP contribution >= 0.6 is 11.3 Å². The molecule has 1 aromatic heterocycles. The molecule has 1 heterocycles. The fourth-order valence-corrected chi connectivity index (χ4v) is 2.13. The van der Waals surface area contributed by atoms with Gasteiger partial charge in [0.25, 0.3) is 0 Å². The Morgan fingerprint density at radius 3 is 2.84 bits per heavy atom. The van der Waals surface area contributed by atoms with Gasteiger partial charge in [0.05, 0.1) is 7.11 Å². The van der Waals surface area contributed by atoms with Crippen LogP contribution in [0, 0.1) is 12.3 Å². The molecule has 0 atom stereocenters. The van der Waals surface area contributed by atoms with E-state index >= 15 is 0 Å². The molecule has 0 amide bonds. The largest absolute Gasteiger partial charge is 0.496 e. The minimum Gasteiger partial charge on any atom is -0.496 e. The van der Waals surface area contributed by atoms with Crippen molar-refractivity contribution in [3.63, 3.8) is 0 Å². The third kappa shape index (κ3) is 3.65. The summed E-state index contributed by atoms with van der Waals surface area (Å²) >= 11 is 1.41. The Labute approximate surface area is 115 Å². The van der Waals surface area contributed by atoms with Crippen LogP contribution in [-0.4, -0.2) is 23.3 Å². The molecule has 1 aromatic carbocycles. The average molecular weight is 277 g/mol. The normalized spacial score (nSPS) is 10.0. The molecule has 0 bridgehead atoms. The molecule has 0 spiro atoms. The molecule has 3 N–H and O–H groups in total. The lowest BCUT2D eigenvalue weighted by Gasteiger charge is -2.10. The number of anilines is 1. The molecule has 0 saturated heterocycles.